The zero-order chi connectivity index (χ0) is 16.1. The molecular formula is C18H14BrNO2S. The SMILES string of the molecule is O=C(Nc1ccc(Br)cc1)c1occc1CSc1ccccc1. The monoisotopic (exact) mass is 387 g/mol. The van der Waals surface area contributed by atoms with Crippen molar-refractivity contribution >= 4 is 39.3 Å². The maximum Gasteiger partial charge on any atom is 0.291 e. The van der Waals surface area contributed by atoms with Crippen molar-refractivity contribution < 1.29 is 9.21 Å². The summed E-state index contributed by atoms with van der Waals surface area (Å²) in [7, 11) is 0. The minimum absolute atomic E-state index is 0.235. The molecule has 0 bridgehead atoms. The van der Waals surface area contributed by atoms with Crippen LogP contribution in [0.1, 0.15) is 16.1 Å². The fourth-order valence-electron chi connectivity index (χ4n) is 2.05. The van der Waals surface area contributed by atoms with Crippen LogP contribution >= 0.6 is 27.7 Å². The Morgan fingerprint density at radius 3 is 2.52 bits per heavy atom. The Hall–Kier alpha value is -1.98. The Bertz CT molecular complexity index is 784. The minimum atomic E-state index is -0.235. The van der Waals surface area contributed by atoms with E-state index in [1.54, 1.807) is 18.0 Å². The third-order valence-corrected chi connectivity index (χ3v) is 4.78. The van der Waals surface area contributed by atoms with E-state index in [1.165, 1.54) is 0 Å². The smallest absolute Gasteiger partial charge is 0.291 e. The lowest BCUT2D eigenvalue weighted by Crippen LogP contribution is -2.12. The number of furan rings is 1. The molecule has 3 nitrogen and oxygen atoms in total. The van der Waals surface area contributed by atoms with Gasteiger partial charge in [0, 0.05) is 26.4 Å². The molecule has 0 unspecified atom stereocenters. The molecule has 2 aromatic carbocycles. The van der Waals surface area contributed by atoms with Crippen molar-refractivity contribution in [2.45, 2.75) is 10.6 Å². The highest BCUT2D eigenvalue weighted by Crippen LogP contribution is 2.25. The van der Waals surface area contributed by atoms with Crippen LogP contribution in [0, 0.1) is 0 Å². The van der Waals surface area contributed by atoms with E-state index in [0.29, 0.717) is 11.5 Å². The molecule has 1 N–H and O–H groups in total. The largest absolute Gasteiger partial charge is 0.459 e. The van der Waals surface area contributed by atoms with Gasteiger partial charge in [0.05, 0.1) is 6.26 Å². The van der Waals surface area contributed by atoms with E-state index in [0.717, 1.165) is 20.6 Å². The van der Waals surface area contributed by atoms with Crippen LogP contribution in [-0.2, 0) is 5.75 Å². The number of hydrogen-bond acceptors (Lipinski definition) is 3. The molecule has 0 aliphatic heterocycles. The zero-order valence-electron chi connectivity index (χ0n) is 12.2. The number of anilines is 1. The first-order valence-electron chi connectivity index (χ1n) is 7.03. The molecule has 5 heteroatoms. The molecule has 116 valence electrons. The summed E-state index contributed by atoms with van der Waals surface area (Å²) in [5, 5.41) is 2.85. The Morgan fingerprint density at radius 1 is 1.04 bits per heavy atom. The molecule has 0 saturated carbocycles. The Labute approximate surface area is 147 Å². The summed E-state index contributed by atoms with van der Waals surface area (Å²) >= 11 is 5.04. The van der Waals surface area contributed by atoms with Gasteiger partial charge in [-0.15, -0.1) is 11.8 Å². The van der Waals surface area contributed by atoms with Crippen molar-refractivity contribution in [3.05, 3.63) is 82.7 Å². The predicted molar refractivity (Wildman–Crippen MR) is 96.8 cm³/mol. The minimum Gasteiger partial charge on any atom is -0.459 e. The summed E-state index contributed by atoms with van der Waals surface area (Å²) in [6.07, 6.45) is 1.55. The fraction of sp³-hybridized carbons (Fsp3) is 0.0556. The second-order valence-corrected chi connectivity index (χ2v) is 6.80. The molecule has 1 aromatic heterocycles. The third-order valence-electron chi connectivity index (χ3n) is 3.19. The van der Waals surface area contributed by atoms with Crippen molar-refractivity contribution in [2.24, 2.45) is 0 Å². The first-order valence-corrected chi connectivity index (χ1v) is 8.81. The van der Waals surface area contributed by atoms with Gasteiger partial charge in [-0.05, 0) is 42.5 Å². The molecule has 0 atom stereocenters. The Kier molecular flexibility index (Phi) is 5.20. The van der Waals surface area contributed by atoms with Gasteiger partial charge in [0.15, 0.2) is 5.76 Å². The van der Waals surface area contributed by atoms with Crippen LogP contribution in [0.3, 0.4) is 0 Å². The first kappa shape index (κ1) is 15.9. The van der Waals surface area contributed by atoms with Crippen LogP contribution in [0.4, 0.5) is 5.69 Å². The lowest BCUT2D eigenvalue weighted by molar-refractivity contribution is 0.0996. The van der Waals surface area contributed by atoms with Crippen LogP contribution in [-0.4, -0.2) is 5.91 Å². The average molecular weight is 388 g/mol. The molecule has 0 fully saturated rings. The summed E-state index contributed by atoms with van der Waals surface area (Å²) in [4.78, 5) is 13.5. The zero-order valence-corrected chi connectivity index (χ0v) is 14.6. The van der Waals surface area contributed by atoms with Crippen LogP contribution in [0.5, 0.6) is 0 Å². The van der Waals surface area contributed by atoms with Crippen molar-refractivity contribution in [1.82, 2.24) is 0 Å². The van der Waals surface area contributed by atoms with Gasteiger partial charge >= 0.3 is 0 Å². The quantitative estimate of drug-likeness (QED) is 0.580. The maximum absolute atomic E-state index is 12.4. The molecule has 1 heterocycles. The van der Waals surface area contributed by atoms with E-state index >= 15 is 0 Å². The normalized spacial score (nSPS) is 10.5. The summed E-state index contributed by atoms with van der Waals surface area (Å²) < 4.78 is 6.34. The van der Waals surface area contributed by atoms with Crippen LogP contribution < -0.4 is 5.32 Å². The van der Waals surface area contributed by atoms with Crippen molar-refractivity contribution in [2.75, 3.05) is 5.32 Å². The van der Waals surface area contributed by atoms with Gasteiger partial charge in [-0.2, -0.15) is 0 Å². The second-order valence-electron chi connectivity index (χ2n) is 4.84. The van der Waals surface area contributed by atoms with Gasteiger partial charge in [0.2, 0.25) is 0 Å². The number of rotatable bonds is 5. The summed E-state index contributed by atoms with van der Waals surface area (Å²) in [5.41, 5.74) is 1.62. The van der Waals surface area contributed by atoms with Crippen molar-refractivity contribution in [3.8, 4) is 0 Å². The van der Waals surface area contributed by atoms with Gasteiger partial charge in [0.1, 0.15) is 0 Å². The Morgan fingerprint density at radius 2 is 1.78 bits per heavy atom. The first-order chi connectivity index (χ1) is 11.2. The number of hydrogen-bond donors (Lipinski definition) is 1. The summed E-state index contributed by atoms with van der Waals surface area (Å²) in [6, 6.07) is 19.3. The fourth-order valence-corrected chi connectivity index (χ4v) is 3.21. The van der Waals surface area contributed by atoms with Gasteiger partial charge in [-0.25, -0.2) is 0 Å². The van der Waals surface area contributed by atoms with Gasteiger partial charge < -0.3 is 9.73 Å². The van der Waals surface area contributed by atoms with Crippen molar-refractivity contribution in [3.63, 3.8) is 0 Å². The lowest BCUT2D eigenvalue weighted by atomic mass is 10.2. The molecule has 0 aliphatic rings. The number of amides is 1. The van der Waals surface area contributed by atoms with Gasteiger partial charge in [-0.1, -0.05) is 34.1 Å². The molecular weight excluding hydrogens is 374 g/mol. The number of carbonyl (C=O) groups is 1. The molecule has 0 saturated heterocycles. The van der Waals surface area contributed by atoms with Crippen molar-refractivity contribution in [1.29, 1.82) is 0 Å². The van der Waals surface area contributed by atoms with E-state index in [9.17, 15) is 4.79 Å². The number of thioether (sulfide) groups is 1. The standard InChI is InChI=1S/C18H14BrNO2S/c19-14-6-8-15(9-7-14)20-18(21)17-13(10-11-22-17)12-23-16-4-2-1-3-5-16/h1-11H,12H2,(H,20,21). The molecule has 0 radical (unpaired) electrons. The van der Waals surface area contributed by atoms with Crippen LogP contribution in [0.15, 0.2) is 80.7 Å². The number of carbonyl (C=O) groups excluding carboxylic acids is 1. The maximum atomic E-state index is 12.4. The molecule has 23 heavy (non-hydrogen) atoms. The van der Waals surface area contributed by atoms with E-state index in [2.05, 4.69) is 21.2 Å². The summed E-state index contributed by atoms with van der Waals surface area (Å²) in [5.74, 6) is 0.807. The van der Waals surface area contributed by atoms with Gasteiger partial charge in [0.25, 0.3) is 5.91 Å². The topological polar surface area (TPSA) is 42.2 Å². The van der Waals surface area contributed by atoms with Crippen LogP contribution in [0.2, 0.25) is 0 Å². The van der Waals surface area contributed by atoms with Crippen LogP contribution in [0.25, 0.3) is 0 Å². The molecule has 0 spiro atoms. The number of benzene rings is 2. The molecule has 1 amide bonds. The number of halogens is 1. The second kappa shape index (κ2) is 7.53. The highest BCUT2D eigenvalue weighted by atomic mass is 79.9. The van der Waals surface area contributed by atoms with E-state index in [4.69, 9.17) is 4.42 Å². The molecule has 0 aliphatic carbocycles. The predicted octanol–water partition coefficient (Wildman–Crippen LogP) is 5.59. The highest BCUT2D eigenvalue weighted by molar-refractivity contribution is 9.10. The summed E-state index contributed by atoms with van der Waals surface area (Å²) in [6.45, 7) is 0. The lowest BCUT2D eigenvalue weighted by Gasteiger charge is -2.05. The van der Waals surface area contributed by atoms with E-state index in [-0.39, 0.29) is 5.91 Å². The van der Waals surface area contributed by atoms with E-state index < -0.39 is 0 Å². The van der Waals surface area contributed by atoms with E-state index in [1.807, 2.05) is 60.7 Å². The average Bonchev–Trinajstić information content (AvgIpc) is 3.05. The number of nitrogens with one attached hydrogen (secondary N) is 1. The third kappa shape index (κ3) is 4.27. The highest BCUT2D eigenvalue weighted by Gasteiger charge is 2.15. The molecule has 3 rings (SSSR count). The van der Waals surface area contributed by atoms with Gasteiger partial charge in [-0.3, -0.25) is 4.79 Å². The Balaban J connectivity index is 1.67. The molecule has 3 aromatic rings.